The summed E-state index contributed by atoms with van der Waals surface area (Å²) in [5, 5.41) is 12.1. The van der Waals surface area contributed by atoms with Crippen molar-refractivity contribution in [2.24, 2.45) is 5.16 Å². The van der Waals surface area contributed by atoms with Crippen molar-refractivity contribution in [1.82, 2.24) is 4.98 Å². The van der Waals surface area contributed by atoms with E-state index >= 15 is 0 Å². The van der Waals surface area contributed by atoms with Crippen LogP contribution in [0.5, 0.6) is 17.2 Å². The van der Waals surface area contributed by atoms with Gasteiger partial charge in [0, 0.05) is 29.1 Å². The molecule has 0 unspecified atom stereocenters. The van der Waals surface area contributed by atoms with Crippen molar-refractivity contribution in [3.63, 3.8) is 0 Å². The average Bonchev–Trinajstić information content (AvgIpc) is 2.59. The molecule has 6 nitrogen and oxygen atoms in total. The summed E-state index contributed by atoms with van der Waals surface area (Å²) in [6.07, 6.45) is 3.34. The normalized spacial score (nSPS) is 11.2. The Morgan fingerprint density at radius 1 is 1.05 bits per heavy atom. The number of benzene rings is 1. The molecule has 0 aliphatic carbocycles. The van der Waals surface area contributed by atoms with Crippen LogP contribution in [0.2, 0.25) is 0 Å². The van der Waals surface area contributed by atoms with Crippen LogP contribution in [0.3, 0.4) is 0 Å². The number of pyridine rings is 1. The van der Waals surface area contributed by atoms with Crippen molar-refractivity contribution >= 4 is 5.71 Å². The molecule has 0 aliphatic rings. The molecule has 2 aromatic rings. The van der Waals surface area contributed by atoms with E-state index in [2.05, 4.69) is 10.1 Å². The van der Waals surface area contributed by atoms with Gasteiger partial charge in [0.25, 0.3) is 0 Å². The number of aromatic nitrogens is 1. The minimum atomic E-state index is 0.480. The lowest BCUT2D eigenvalue weighted by Gasteiger charge is -2.16. The summed E-state index contributed by atoms with van der Waals surface area (Å²) in [7, 11) is 4.69. The lowest BCUT2D eigenvalue weighted by Crippen LogP contribution is -1.99. The van der Waals surface area contributed by atoms with E-state index in [4.69, 9.17) is 19.4 Å². The van der Waals surface area contributed by atoms with E-state index in [1.807, 2.05) is 12.1 Å². The Bertz CT molecular complexity index is 699. The zero-order chi connectivity index (χ0) is 16.1. The Morgan fingerprint density at radius 2 is 1.77 bits per heavy atom. The summed E-state index contributed by atoms with van der Waals surface area (Å²) in [4.78, 5) is 4.18. The maximum absolute atomic E-state index is 8.90. The lowest BCUT2D eigenvalue weighted by molar-refractivity contribution is 0.319. The van der Waals surface area contributed by atoms with Gasteiger partial charge in [-0.3, -0.25) is 4.98 Å². The highest BCUT2D eigenvalue weighted by Crippen LogP contribution is 2.44. The molecule has 1 N–H and O–H groups in total. The minimum absolute atomic E-state index is 0.480. The number of oxime groups is 1. The molecule has 0 saturated carbocycles. The number of rotatable bonds is 5. The van der Waals surface area contributed by atoms with Gasteiger partial charge in [0.2, 0.25) is 5.75 Å². The van der Waals surface area contributed by atoms with Crippen molar-refractivity contribution in [2.75, 3.05) is 21.3 Å². The van der Waals surface area contributed by atoms with Gasteiger partial charge >= 0.3 is 0 Å². The van der Waals surface area contributed by atoms with E-state index < -0.39 is 0 Å². The van der Waals surface area contributed by atoms with Crippen LogP contribution in [0.15, 0.2) is 35.7 Å². The van der Waals surface area contributed by atoms with Crippen molar-refractivity contribution in [3.8, 4) is 28.4 Å². The molecular weight excluding hydrogens is 284 g/mol. The van der Waals surface area contributed by atoms with Crippen LogP contribution in [0.1, 0.15) is 12.5 Å². The molecule has 22 heavy (non-hydrogen) atoms. The SMILES string of the molecule is COc1ccc(-c2cncc(/C(C)=N/O)c2)c(OC)c1OC. The molecule has 0 spiro atoms. The fraction of sp³-hybridized carbons (Fsp3) is 0.250. The molecule has 0 aliphatic heterocycles. The standard InChI is InChI=1S/C16H18N2O4/c1-10(18-19)11-7-12(9-17-8-11)13-5-6-14(20-2)16(22-4)15(13)21-3/h5-9,19H,1-4H3/b18-10+. The molecule has 1 aromatic heterocycles. The second-order valence-corrected chi connectivity index (χ2v) is 4.53. The van der Waals surface area contributed by atoms with Gasteiger partial charge in [0.1, 0.15) is 0 Å². The number of nitrogens with zero attached hydrogens (tertiary/aromatic N) is 2. The van der Waals surface area contributed by atoms with Crippen LogP contribution in [0, 0.1) is 0 Å². The molecule has 0 radical (unpaired) electrons. The second-order valence-electron chi connectivity index (χ2n) is 4.53. The van der Waals surface area contributed by atoms with Gasteiger partial charge in [0.05, 0.1) is 27.0 Å². The van der Waals surface area contributed by atoms with Crippen molar-refractivity contribution in [3.05, 3.63) is 36.2 Å². The summed E-state index contributed by atoms with van der Waals surface area (Å²) >= 11 is 0. The molecule has 1 heterocycles. The highest BCUT2D eigenvalue weighted by molar-refractivity contribution is 5.99. The molecule has 0 bridgehead atoms. The monoisotopic (exact) mass is 302 g/mol. The molecule has 116 valence electrons. The van der Waals surface area contributed by atoms with Crippen LogP contribution in [-0.2, 0) is 0 Å². The molecule has 0 atom stereocenters. The first kappa shape index (κ1) is 15.6. The molecule has 0 amide bonds. The van der Waals surface area contributed by atoms with E-state index in [1.54, 1.807) is 46.7 Å². The summed E-state index contributed by atoms with van der Waals surface area (Å²) in [6, 6.07) is 5.54. The maximum Gasteiger partial charge on any atom is 0.203 e. The van der Waals surface area contributed by atoms with Gasteiger partial charge in [-0.2, -0.15) is 0 Å². The fourth-order valence-corrected chi connectivity index (χ4v) is 2.17. The van der Waals surface area contributed by atoms with E-state index in [0.29, 0.717) is 23.0 Å². The van der Waals surface area contributed by atoms with Crippen LogP contribution in [-0.4, -0.2) is 37.2 Å². The second kappa shape index (κ2) is 6.80. The zero-order valence-corrected chi connectivity index (χ0v) is 13.0. The number of ether oxygens (including phenoxy) is 3. The molecule has 1 aromatic carbocycles. The van der Waals surface area contributed by atoms with E-state index in [1.165, 1.54) is 0 Å². The Labute approximate surface area is 129 Å². The van der Waals surface area contributed by atoms with Gasteiger partial charge in [-0.05, 0) is 25.1 Å². The summed E-state index contributed by atoms with van der Waals surface area (Å²) in [6.45, 7) is 1.70. The van der Waals surface area contributed by atoms with Gasteiger partial charge < -0.3 is 19.4 Å². The lowest BCUT2D eigenvalue weighted by atomic mass is 10.0. The number of methoxy groups -OCH3 is 3. The Morgan fingerprint density at radius 3 is 2.36 bits per heavy atom. The van der Waals surface area contributed by atoms with Crippen LogP contribution in [0.25, 0.3) is 11.1 Å². The molecular formula is C16H18N2O4. The average molecular weight is 302 g/mol. The minimum Gasteiger partial charge on any atom is -0.493 e. The Kier molecular flexibility index (Phi) is 4.83. The molecule has 2 rings (SSSR count). The van der Waals surface area contributed by atoms with Crippen molar-refractivity contribution in [2.45, 2.75) is 6.92 Å². The summed E-state index contributed by atoms with van der Waals surface area (Å²) in [5.41, 5.74) is 2.82. The van der Waals surface area contributed by atoms with E-state index in [0.717, 1.165) is 16.7 Å². The summed E-state index contributed by atoms with van der Waals surface area (Å²) in [5.74, 6) is 1.65. The van der Waals surface area contributed by atoms with Gasteiger partial charge in [-0.1, -0.05) is 5.16 Å². The molecule has 6 heteroatoms. The summed E-state index contributed by atoms with van der Waals surface area (Å²) < 4.78 is 16.1. The largest absolute Gasteiger partial charge is 0.493 e. The smallest absolute Gasteiger partial charge is 0.203 e. The first-order chi connectivity index (χ1) is 10.7. The van der Waals surface area contributed by atoms with Crippen molar-refractivity contribution in [1.29, 1.82) is 0 Å². The predicted molar refractivity (Wildman–Crippen MR) is 83.3 cm³/mol. The van der Waals surface area contributed by atoms with Crippen LogP contribution >= 0.6 is 0 Å². The number of hydrogen-bond acceptors (Lipinski definition) is 6. The first-order valence-corrected chi connectivity index (χ1v) is 6.59. The van der Waals surface area contributed by atoms with Gasteiger partial charge in [-0.25, -0.2) is 0 Å². The third-order valence-electron chi connectivity index (χ3n) is 3.32. The highest BCUT2D eigenvalue weighted by Gasteiger charge is 2.17. The fourth-order valence-electron chi connectivity index (χ4n) is 2.17. The van der Waals surface area contributed by atoms with E-state index in [-0.39, 0.29) is 0 Å². The third kappa shape index (κ3) is 2.81. The van der Waals surface area contributed by atoms with Crippen molar-refractivity contribution < 1.29 is 19.4 Å². The highest BCUT2D eigenvalue weighted by atomic mass is 16.5. The van der Waals surface area contributed by atoms with Gasteiger partial charge in [-0.15, -0.1) is 0 Å². The Hall–Kier alpha value is -2.76. The maximum atomic E-state index is 8.90. The van der Waals surface area contributed by atoms with Gasteiger partial charge in [0.15, 0.2) is 11.5 Å². The van der Waals surface area contributed by atoms with Crippen LogP contribution in [0.4, 0.5) is 0 Å². The topological polar surface area (TPSA) is 73.2 Å². The number of hydrogen-bond donors (Lipinski definition) is 1. The van der Waals surface area contributed by atoms with Crippen LogP contribution < -0.4 is 14.2 Å². The Balaban J connectivity index is 2.62. The molecule has 0 fully saturated rings. The zero-order valence-electron chi connectivity index (χ0n) is 13.0. The predicted octanol–water partition coefficient (Wildman–Crippen LogP) is 2.97. The first-order valence-electron chi connectivity index (χ1n) is 6.59. The quantitative estimate of drug-likeness (QED) is 0.522. The molecule has 0 saturated heterocycles. The van der Waals surface area contributed by atoms with E-state index in [9.17, 15) is 0 Å². The third-order valence-corrected chi connectivity index (χ3v) is 3.32.